The van der Waals surface area contributed by atoms with Crippen LogP contribution in [0, 0.1) is 0 Å². The molecular formula is C10H15NO3. The molecule has 1 aliphatic heterocycles. The van der Waals surface area contributed by atoms with Gasteiger partial charge in [-0.2, -0.15) is 0 Å². The van der Waals surface area contributed by atoms with Crippen molar-refractivity contribution in [3.05, 3.63) is 11.6 Å². The number of aliphatic hydroxyl groups is 1. The van der Waals surface area contributed by atoms with Gasteiger partial charge >= 0.3 is 0 Å². The van der Waals surface area contributed by atoms with Gasteiger partial charge in [-0.05, 0) is 26.2 Å². The van der Waals surface area contributed by atoms with Crippen molar-refractivity contribution in [1.82, 2.24) is 5.32 Å². The quantitative estimate of drug-likeness (QED) is 0.392. The largest absolute Gasteiger partial charge is 0.393 e. The van der Waals surface area contributed by atoms with Gasteiger partial charge in [-0.25, -0.2) is 0 Å². The van der Waals surface area contributed by atoms with Crippen molar-refractivity contribution in [3.63, 3.8) is 0 Å². The maximum absolute atomic E-state index is 11.1. The number of aliphatic hydroxyl groups excluding tert-OH is 1. The first kappa shape index (κ1) is 10.9. The molecule has 0 saturated carbocycles. The molecule has 0 aromatic carbocycles. The summed E-state index contributed by atoms with van der Waals surface area (Å²) in [6.45, 7) is 1.74. The average molecular weight is 197 g/mol. The van der Waals surface area contributed by atoms with E-state index in [9.17, 15) is 9.59 Å². The molecule has 0 aromatic rings. The van der Waals surface area contributed by atoms with E-state index in [1.54, 1.807) is 13.0 Å². The number of hydrogen-bond acceptors (Lipinski definition) is 3. The Kier molecular flexibility index (Phi) is 3.83. The van der Waals surface area contributed by atoms with Gasteiger partial charge in [0.1, 0.15) is 0 Å². The molecule has 14 heavy (non-hydrogen) atoms. The number of carbonyl (C=O) groups excluding carboxylic acids is 2. The van der Waals surface area contributed by atoms with Gasteiger partial charge in [0.15, 0.2) is 0 Å². The van der Waals surface area contributed by atoms with Crippen LogP contribution in [0.15, 0.2) is 11.6 Å². The minimum atomic E-state index is -0.299. The monoisotopic (exact) mass is 197 g/mol. The summed E-state index contributed by atoms with van der Waals surface area (Å²) in [5, 5.41) is 11.2. The second-order valence-electron chi connectivity index (χ2n) is 3.56. The third-order valence-electron chi connectivity index (χ3n) is 2.11. The Balaban J connectivity index is 2.31. The molecule has 1 saturated heterocycles. The number of allylic oxidation sites excluding steroid dienone is 1. The summed E-state index contributed by atoms with van der Waals surface area (Å²) in [5.41, 5.74) is 0.556. The Bertz CT molecular complexity index is 269. The van der Waals surface area contributed by atoms with E-state index in [1.807, 2.05) is 0 Å². The van der Waals surface area contributed by atoms with Crippen LogP contribution in [0.3, 0.4) is 0 Å². The van der Waals surface area contributed by atoms with E-state index >= 15 is 0 Å². The molecule has 0 aliphatic carbocycles. The molecular weight excluding hydrogens is 182 g/mol. The van der Waals surface area contributed by atoms with E-state index in [-0.39, 0.29) is 24.3 Å². The maximum atomic E-state index is 11.1. The van der Waals surface area contributed by atoms with Crippen LogP contribution < -0.4 is 5.32 Å². The summed E-state index contributed by atoms with van der Waals surface area (Å²) >= 11 is 0. The highest BCUT2D eigenvalue weighted by atomic mass is 16.3. The number of imide groups is 1. The first-order valence-electron chi connectivity index (χ1n) is 4.81. The molecule has 1 unspecified atom stereocenters. The van der Waals surface area contributed by atoms with Gasteiger partial charge in [0.2, 0.25) is 5.91 Å². The molecule has 0 bridgehead atoms. The number of amides is 2. The van der Waals surface area contributed by atoms with Crippen LogP contribution in [-0.2, 0) is 9.59 Å². The van der Waals surface area contributed by atoms with E-state index < -0.39 is 0 Å². The summed E-state index contributed by atoms with van der Waals surface area (Å²) in [6, 6.07) is 0. The number of carbonyl (C=O) groups is 2. The van der Waals surface area contributed by atoms with Crippen molar-refractivity contribution in [2.45, 2.75) is 38.7 Å². The molecule has 1 fully saturated rings. The van der Waals surface area contributed by atoms with Crippen LogP contribution in [-0.4, -0.2) is 23.0 Å². The summed E-state index contributed by atoms with van der Waals surface area (Å²) in [6.07, 6.45) is 3.98. The van der Waals surface area contributed by atoms with Crippen LogP contribution in [0.4, 0.5) is 0 Å². The minimum Gasteiger partial charge on any atom is -0.393 e. The predicted molar refractivity (Wildman–Crippen MR) is 51.4 cm³/mol. The lowest BCUT2D eigenvalue weighted by Gasteiger charge is -2.00. The molecule has 1 heterocycles. The van der Waals surface area contributed by atoms with Crippen molar-refractivity contribution in [1.29, 1.82) is 0 Å². The van der Waals surface area contributed by atoms with E-state index in [0.29, 0.717) is 5.57 Å². The molecule has 2 N–H and O–H groups in total. The van der Waals surface area contributed by atoms with Crippen LogP contribution >= 0.6 is 0 Å². The fourth-order valence-corrected chi connectivity index (χ4v) is 1.36. The zero-order valence-electron chi connectivity index (χ0n) is 8.25. The third-order valence-corrected chi connectivity index (χ3v) is 2.11. The van der Waals surface area contributed by atoms with Gasteiger partial charge in [-0.1, -0.05) is 6.08 Å². The molecule has 0 radical (unpaired) electrons. The van der Waals surface area contributed by atoms with Gasteiger partial charge in [0.25, 0.3) is 5.91 Å². The second kappa shape index (κ2) is 4.91. The van der Waals surface area contributed by atoms with Crippen molar-refractivity contribution in [2.24, 2.45) is 0 Å². The van der Waals surface area contributed by atoms with E-state index in [0.717, 1.165) is 19.3 Å². The van der Waals surface area contributed by atoms with Crippen LogP contribution in [0.25, 0.3) is 0 Å². The Morgan fingerprint density at radius 1 is 1.57 bits per heavy atom. The van der Waals surface area contributed by atoms with Crippen LogP contribution in [0.1, 0.15) is 32.6 Å². The number of hydrogen-bond donors (Lipinski definition) is 2. The smallest absolute Gasteiger partial charge is 0.253 e. The Hall–Kier alpha value is -1.16. The minimum absolute atomic E-state index is 0.202. The lowest BCUT2D eigenvalue weighted by Crippen LogP contribution is -2.19. The van der Waals surface area contributed by atoms with E-state index in [2.05, 4.69) is 5.32 Å². The highest BCUT2D eigenvalue weighted by molar-refractivity contribution is 6.13. The number of rotatable bonds is 4. The van der Waals surface area contributed by atoms with Crippen molar-refractivity contribution in [2.75, 3.05) is 0 Å². The Morgan fingerprint density at radius 2 is 2.29 bits per heavy atom. The fraction of sp³-hybridized carbons (Fsp3) is 0.600. The molecule has 4 heteroatoms. The van der Waals surface area contributed by atoms with Gasteiger partial charge in [0.05, 0.1) is 12.5 Å². The summed E-state index contributed by atoms with van der Waals surface area (Å²) in [7, 11) is 0. The van der Waals surface area contributed by atoms with E-state index in [1.165, 1.54) is 0 Å². The first-order valence-corrected chi connectivity index (χ1v) is 4.81. The van der Waals surface area contributed by atoms with Gasteiger partial charge in [-0.15, -0.1) is 0 Å². The second-order valence-corrected chi connectivity index (χ2v) is 3.56. The fourth-order valence-electron chi connectivity index (χ4n) is 1.36. The summed E-state index contributed by atoms with van der Waals surface area (Å²) in [4.78, 5) is 21.9. The zero-order chi connectivity index (χ0) is 10.6. The van der Waals surface area contributed by atoms with Crippen molar-refractivity contribution < 1.29 is 14.7 Å². The Labute approximate surface area is 83.0 Å². The molecule has 0 spiro atoms. The molecule has 1 atom stereocenters. The highest BCUT2D eigenvalue weighted by Gasteiger charge is 2.22. The summed E-state index contributed by atoms with van der Waals surface area (Å²) in [5.74, 6) is -0.496. The Morgan fingerprint density at radius 3 is 2.79 bits per heavy atom. The van der Waals surface area contributed by atoms with Gasteiger partial charge in [0, 0.05) is 5.57 Å². The average Bonchev–Trinajstić information content (AvgIpc) is 2.39. The standard InChI is InChI=1S/C10H15NO3/c1-7(12)4-2-3-5-8-6-9(13)11-10(8)14/h5,7,12H,2-4,6H2,1H3,(H,11,13,14). The van der Waals surface area contributed by atoms with Gasteiger partial charge < -0.3 is 5.11 Å². The van der Waals surface area contributed by atoms with E-state index in [4.69, 9.17) is 5.11 Å². The molecule has 2 amide bonds. The predicted octanol–water partition coefficient (Wildman–Crippen LogP) is 0.510. The molecule has 78 valence electrons. The van der Waals surface area contributed by atoms with Gasteiger partial charge in [-0.3, -0.25) is 14.9 Å². The van der Waals surface area contributed by atoms with Crippen molar-refractivity contribution >= 4 is 11.8 Å². The van der Waals surface area contributed by atoms with Crippen LogP contribution in [0.5, 0.6) is 0 Å². The number of nitrogens with one attached hydrogen (secondary N) is 1. The first-order chi connectivity index (χ1) is 6.59. The SMILES string of the molecule is CC(O)CCCC=C1CC(=O)NC1=O. The normalized spacial score (nSPS) is 21.4. The third kappa shape index (κ3) is 3.30. The maximum Gasteiger partial charge on any atom is 0.253 e. The highest BCUT2D eigenvalue weighted by Crippen LogP contribution is 2.11. The molecule has 0 aromatic heterocycles. The van der Waals surface area contributed by atoms with Crippen molar-refractivity contribution in [3.8, 4) is 0 Å². The summed E-state index contributed by atoms with van der Waals surface area (Å²) < 4.78 is 0. The lowest BCUT2D eigenvalue weighted by atomic mass is 10.1. The molecule has 1 rings (SSSR count). The van der Waals surface area contributed by atoms with Crippen LogP contribution in [0.2, 0.25) is 0 Å². The molecule has 1 aliphatic rings. The zero-order valence-corrected chi connectivity index (χ0v) is 8.25. The lowest BCUT2D eigenvalue weighted by molar-refractivity contribution is -0.124. The molecule has 4 nitrogen and oxygen atoms in total. The number of unbranched alkanes of at least 4 members (excludes halogenated alkanes) is 1. The topological polar surface area (TPSA) is 66.4 Å².